The van der Waals surface area contributed by atoms with Crippen LogP contribution in [0.2, 0.25) is 0 Å². The van der Waals surface area contributed by atoms with E-state index in [0.717, 1.165) is 17.7 Å². The maximum atomic E-state index is 12.4. The van der Waals surface area contributed by atoms with Gasteiger partial charge < -0.3 is 10.1 Å². The minimum absolute atomic E-state index is 0.0925. The van der Waals surface area contributed by atoms with Crippen molar-refractivity contribution in [2.45, 2.75) is 6.42 Å². The Balaban J connectivity index is 1.43. The highest BCUT2D eigenvalue weighted by atomic mass is 16.5. The van der Waals surface area contributed by atoms with E-state index in [2.05, 4.69) is 16.5 Å². The molecule has 1 amide bonds. The molecule has 1 atom stereocenters. The van der Waals surface area contributed by atoms with Crippen LogP contribution in [0, 0.1) is 5.92 Å². The average molecular weight is 307 g/mol. The van der Waals surface area contributed by atoms with E-state index in [1.807, 2.05) is 42.6 Å². The number of hydrogen-bond acceptors (Lipinski definition) is 3. The van der Waals surface area contributed by atoms with Crippen LogP contribution in [0.3, 0.4) is 0 Å². The topological polar surface area (TPSA) is 55.6 Å². The Morgan fingerprint density at radius 1 is 1.26 bits per heavy atom. The summed E-state index contributed by atoms with van der Waals surface area (Å²) in [7, 11) is 0. The van der Waals surface area contributed by atoms with Crippen molar-refractivity contribution in [3.63, 3.8) is 0 Å². The summed E-state index contributed by atoms with van der Waals surface area (Å²) in [5, 5.41) is 7.20. The average Bonchev–Trinajstić information content (AvgIpc) is 3.03. The van der Waals surface area contributed by atoms with Gasteiger partial charge in [-0.3, -0.25) is 4.79 Å². The van der Waals surface area contributed by atoms with E-state index in [-0.39, 0.29) is 11.8 Å². The van der Waals surface area contributed by atoms with Crippen LogP contribution in [0.1, 0.15) is 15.9 Å². The number of nitrogens with zero attached hydrogens (tertiary/aromatic N) is 2. The smallest absolute Gasteiger partial charge is 0.255 e. The standard InChI is InChI=1S/C18H17N3O2/c22-18(15-11-20-21-8-4-3-6-16(15)21)19-10-13-9-14-5-1-2-7-17(14)23-12-13/h1-8,11,13H,9-10,12H2,(H,19,22)/t13-/m0/s1. The van der Waals surface area contributed by atoms with E-state index < -0.39 is 0 Å². The quantitative estimate of drug-likeness (QED) is 0.808. The number of carbonyl (C=O) groups is 1. The molecule has 0 spiro atoms. The predicted molar refractivity (Wildman–Crippen MR) is 86.7 cm³/mol. The van der Waals surface area contributed by atoms with Crippen LogP contribution < -0.4 is 10.1 Å². The van der Waals surface area contributed by atoms with Gasteiger partial charge in [0.2, 0.25) is 0 Å². The van der Waals surface area contributed by atoms with Crippen LogP contribution in [0.4, 0.5) is 0 Å². The molecule has 5 nitrogen and oxygen atoms in total. The lowest BCUT2D eigenvalue weighted by Gasteiger charge is -2.25. The summed E-state index contributed by atoms with van der Waals surface area (Å²) in [6.45, 7) is 1.23. The summed E-state index contributed by atoms with van der Waals surface area (Å²) in [5.41, 5.74) is 2.62. The van der Waals surface area contributed by atoms with Crippen LogP contribution in [0.5, 0.6) is 5.75 Å². The zero-order chi connectivity index (χ0) is 15.6. The van der Waals surface area contributed by atoms with Crippen LogP contribution in [-0.4, -0.2) is 28.7 Å². The van der Waals surface area contributed by atoms with Gasteiger partial charge >= 0.3 is 0 Å². The van der Waals surface area contributed by atoms with Crippen molar-refractivity contribution in [3.05, 3.63) is 66.0 Å². The van der Waals surface area contributed by atoms with Gasteiger partial charge in [0.25, 0.3) is 5.91 Å². The summed E-state index contributed by atoms with van der Waals surface area (Å²) in [5.74, 6) is 1.15. The second-order valence-electron chi connectivity index (χ2n) is 5.79. The Labute approximate surface area is 133 Å². The zero-order valence-corrected chi connectivity index (χ0v) is 12.6. The van der Waals surface area contributed by atoms with Crippen molar-refractivity contribution in [1.29, 1.82) is 0 Å². The Bertz CT molecular complexity index is 856. The molecule has 2 aromatic heterocycles. The van der Waals surface area contributed by atoms with Gasteiger partial charge in [-0.15, -0.1) is 0 Å². The van der Waals surface area contributed by atoms with Crippen molar-refractivity contribution < 1.29 is 9.53 Å². The molecule has 3 aromatic rings. The lowest BCUT2D eigenvalue weighted by molar-refractivity contribution is 0.0940. The van der Waals surface area contributed by atoms with Gasteiger partial charge in [-0.2, -0.15) is 5.10 Å². The molecule has 1 aliphatic heterocycles. The minimum atomic E-state index is -0.0925. The van der Waals surface area contributed by atoms with Crippen LogP contribution in [0.25, 0.3) is 5.52 Å². The van der Waals surface area contributed by atoms with E-state index in [1.54, 1.807) is 10.7 Å². The van der Waals surface area contributed by atoms with Gasteiger partial charge in [-0.1, -0.05) is 24.3 Å². The highest BCUT2D eigenvalue weighted by Crippen LogP contribution is 2.26. The van der Waals surface area contributed by atoms with Crippen molar-refractivity contribution in [2.75, 3.05) is 13.2 Å². The maximum absolute atomic E-state index is 12.4. The number of benzene rings is 1. The molecule has 0 bridgehead atoms. The fraction of sp³-hybridized carbons (Fsp3) is 0.222. The number of ether oxygens (including phenoxy) is 1. The van der Waals surface area contributed by atoms with E-state index in [1.165, 1.54) is 5.56 Å². The molecule has 1 N–H and O–H groups in total. The molecule has 0 radical (unpaired) electrons. The number of nitrogens with one attached hydrogen (secondary N) is 1. The number of pyridine rings is 1. The highest BCUT2D eigenvalue weighted by Gasteiger charge is 2.21. The van der Waals surface area contributed by atoms with Crippen LogP contribution >= 0.6 is 0 Å². The number of rotatable bonds is 3. The Kier molecular flexibility index (Phi) is 3.46. The van der Waals surface area contributed by atoms with Crippen molar-refractivity contribution in [1.82, 2.24) is 14.9 Å². The molecule has 23 heavy (non-hydrogen) atoms. The SMILES string of the molecule is O=C(NC[C@H]1COc2ccccc2C1)c1cnn2ccccc12. The molecule has 0 saturated heterocycles. The molecule has 3 heterocycles. The minimum Gasteiger partial charge on any atom is -0.493 e. The van der Waals surface area contributed by atoms with Gasteiger partial charge in [-0.25, -0.2) is 4.52 Å². The number of para-hydroxylation sites is 1. The third kappa shape index (κ3) is 2.65. The largest absolute Gasteiger partial charge is 0.493 e. The first-order chi connectivity index (χ1) is 11.3. The molecule has 0 unspecified atom stereocenters. The monoisotopic (exact) mass is 307 g/mol. The fourth-order valence-electron chi connectivity index (χ4n) is 2.96. The summed E-state index contributed by atoms with van der Waals surface area (Å²) in [6.07, 6.45) is 4.36. The lowest BCUT2D eigenvalue weighted by atomic mass is 9.96. The van der Waals surface area contributed by atoms with E-state index in [0.29, 0.717) is 18.7 Å². The van der Waals surface area contributed by atoms with Crippen molar-refractivity contribution >= 4 is 11.4 Å². The van der Waals surface area contributed by atoms with Gasteiger partial charge in [0.15, 0.2) is 0 Å². The third-order valence-corrected chi connectivity index (χ3v) is 4.18. The second kappa shape index (κ2) is 5.76. The maximum Gasteiger partial charge on any atom is 0.255 e. The first-order valence-electron chi connectivity index (χ1n) is 7.72. The van der Waals surface area contributed by atoms with Crippen molar-refractivity contribution in [2.24, 2.45) is 5.92 Å². The number of amides is 1. The first kappa shape index (κ1) is 13.8. The molecule has 1 aromatic carbocycles. The van der Waals surface area contributed by atoms with Gasteiger partial charge in [0, 0.05) is 18.7 Å². The van der Waals surface area contributed by atoms with Crippen LogP contribution in [-0.2, 0) is 6.42 Å². The van der Waals surface area contributed by atoms with Gasteiger partial charge in [-0.05, 0) is 30.2 Å². The molecule has 0 saturated carbocycles. The summed E-state index contributed by atoms with van der Waals surface area (Å²) in [6, 6.07) is 13.7. The van der Waals surface area contributed by atoms with E-state index in [9.17, 15) is 4.79 Å². The zero-order valence-electron chi connectivity index (χ0n) is 12.6. The molecular formula is C18H17N3O2. The lowest BCUT2D eigenvalue weighted by Crippen LogP contribution is -2.34. The molecule has 1 aliphatic rings. The second-order valence-corrected chi connectivity index (χ2v) is 5.79. The Hall–Kier alpha value is -2.82. The molecule has 0 aliphatic carbocycles. The van der Waals surface area contributed by atoms with E-state index >= 15 is 0 Å². The first-order valence-corrected chi connectivity index (χ1v) is 7.72. The number of fused-ring (bicyclic) bond motifs is 2. The normalized spacial score (nSPS) is 16.6. The molecule has 4 rings (SSSR count). The van der Waals surface area contributed by atoms with Crippen LogP contribution in [0.15, 0.2) is 54.9 Å². The summed E-state index contributed by atoms with van der Waals surface area (Å²) >= 11 is 0. The number of carbonyl (C=O) groups excluding carboxylic acids is 1. The molecule has 5 heteroatoms. The fourth-order valence-corrected chi connectivity index (χ4v) is 2.96. The predicted octanol–water partition coefficient (Wildman–Crippen LogP) is 2.32. The summed E-state index contributed by atoms with van der Waals surface area (Å²) in [4.78, 5) is 12.4. The number of hydrogen-bond donors (Lipinski definition) is 1. The Morgan fingerprint density at radius 3 is 3.09 bits per heavy atom. The Morgan fingerprint density at radius 2 is 2.13 bits per heavy atom. The van der Waals surface area contributed by atoms with Gasteiger partial charge in [0.05, 0.1) is 23.9 Å². The highest BCUT2D eigenvalue weighted by molar-refractivity contribution is 6.00. The van der Waals surface area contributed by atoms with E-state index in [4.69, 9.17) is 4.74 Å². The molecule has 116 valence electrons. The van der Waals surface area contributed by atoms with Crippen molar-refractivity contribution in [3.8, 4) is 5.75 Å². The molecular weight excluding hydrogens is 290 g/mol. The van der Waals surface area contributed by atoms with Gasteiger partial charge in [0.1, 0.15) is 5.75 Å². The number of aromatic nitrogens is 2. The molecule has 0 fully saturated rings. The summed E-state index contributed by atoms with van der Waals surface area (Å²) < 4.78 is 7.46. The third-order valence-electron chi connectivity index (χ3n) is 4.18.